The molecule has 1 heterocycles. The fourth-order valence-electron chi connectivity index (χ4n) is 1.77. The summed E-state index contributed by atoms with van der Waals surface area (Å²) in [5.41, 5.74) is 5.65. The summed E-state index contributed by atoms with van der Waals surface area (Å²) >= 11 is 0. The summed E-state index contributed by atoms with van der Waals surface area (Å²) in [4.78, 5) is 4.00. The van der Waals surface area contributed by atoms with Crippen LogP contribution < -0.4 is 5.73 Å². The topological polar surface area (TPSA) is 56.7 Å². The molecule has 1 atom stereocenters. The number of hydrogen-bond donors (Lipinski definition) is 1. The van der Waals surface area contributed by atoms with E-state index in [-0.39, 0.29) is 0 Å². The standard InChI is InChI=1S/C12H13F3N4/c1-19-11(17-7-18-19)6-10(16)8-3-2-4-9(5-8)12(13,14)15/h2-5,7,10H,6,16H2,1H3. The minimum absolute atomic E-state index is 0.331. The first-order valence-corrected chi connectivity index (χ1v) is 5.63. The molecule has 0 spiro atoms. The van der Waals surface area contributed by atoms with Gasteiger partial charge in [-0.15, -0.1) is 0 Å². The van der Waals surface area contributed by atoms with E-state index in [4.69, 9.17) is 5.73 Å². The van der Waals surface area contributed by atoms with Gasteiger partial charge in [0.1, 0.15) is 12.2 Å². The lowest BCUT2D eigenvalue weighted by Crippen LogP contribution is -2.17. The van der Waals surface area contributed by atoms with Gasteiger partial charge in [-0.2, -0.15) is 18.3 Å². The Hall–Kier alpha value is -1.89. The van der Waals surface area contributed by atoms with Crippen LogP contribution in [0.2, 0.25) is 0 Å². The fourth-order valence-corrected chi connectivity index (χ4v) is 1.77. The summed E-state index contributed by atoms with van der Waals surface area (Å²) in [5.74, 6) is 0.630. The zero-order chi connectivity index (χ0) is 14.0. The van der Waals surface area contributed by atoms with Crippen LogP contribution in [0.15, 0.2) is 30.6 Å². The van der Waals surface area contributed by atoms with E-state index in [2.05, 4.69) is 10.1 Å². The van der Waals surface area contributed by atoms with Crippen LogP contribution >= 0.6 is 0 Å². The summed E-state index contributed by atoms with van der Waals surface area (Å²) < 4.78 is 39.4. The lowest BCUT2D eigenvalue weighted by atomic mass is 10.0. The fraction of sp³-hybridized carbons (Fsp3) is 0.333. The number of alkyl halides is 3. The molecule has 0 aliphatic rings. The normalized spacial score (nSPS) is 13.5. The van der Waals surface area contributed by atoms with E-state index in [9.17, 15) is 13.2 Å². The zero-order valence-electron chi connectivity index (χ0n) is 10.2. The SMILES string of the molecule is Cn1ncnc1CC(N)c1cccc(C(F)(F)F)c1. The second-order valence-corrected chi connectivity index (χ2v) is 4.23. The van der Waals surface area contributed by atoms with Gasteiger partial charge in [0.2, 0.25) is 0 Å². The van der Waals surface area contributed by atoms with Crippen molar-refractivity contribution in [2.75, 3.05) is 0 Å². The van der Waals surface area contributed by atoms with Crippen molar-refractivity contribution >= 4 is 0 Å². The maximum Gasteiger partial charge on any atom is 0.416 e. The van der Waals surface area contributed by atoms with Crippen molar-refractivity contribution in [2.45, 2.75) is 18.6 Å². The Morgan fingerprint density at radius 1 is 1.37 bits per heavy atom. The van der Waals surface area contributed by atoms with Gasteiger partial charge in [0.25, 0.3) is 0 Å². The molecule has 102 valence electrons. The number of rotatable bonds is 3. The number of halogens is 3. The second-order valence-electron chi connectivity index (χ2n) is 4.23. The molecule has 0 fully saturated rings. The molecule has 1 aromatic carbocycles. The highest BCUT2D eigenvalue weighted by Crippen LogP contribution is 2.30. The molecule has 0 saturated heterocycles. The summed E-state index contributed by atoms with van der Waals surface area (Å²) in [6, 6.07) is 4.48. The van der Waals surface area contributed by atoms with E-state index in [0.29, 0.717) is 17.8 Å². The molecule has 0 bridgehead atoms. The van der Waals surface area contributed by atoms with Crippen molar-refractivity contribution in [3.05, 3.63) is 47.5 Å². The van der Waals surface area contributed by atoms with Crippen molar-refractivity contribution in [2.24, 2.45) is 12.8 Å². The molecule has 0 aliphatic carbocycles. The lowest BCUT2D eigenvalue weighted by Gasteiger charge is -2.14. The van der Waals surface area contributed by atoms with E-state index < -0.39 is 17.8 Å². The minimum Gasteiger partial charge on any atom is -0.324 e. The average Bonchev–Trinajstić information content (AvgIpc) is 2.74. The molecule has 7 heteroatoms. The largest absolute Gasteiger partial charge is 0.416 e. The second kappa shape index (κ2) is 5.00. The van der Waals surface area contributed by atoms with E-state index in [1.165, 1.54) is 12.4 Å². The van der Waals surface area contributed by atoms with Gasteiger partial charge >= 0.3 is 6.18 Å². The van der Waals surface area contributed by atoms with Crippen LogP contribution in [0, 0.1) is 0 Å². The first kappa shape index (κ1) is 13.5. The number of hydrogen-bond acceptors (Lipinski definition) is 3. The van der Waals surface area contributed by atoms with Crippen molar-refractivity contribution in [1.82, 2.24) is 14.8 Å². The van der Waals surface area contributed by atoms with Crippen molar-refractivity contribution in [1.29, 1.82) is 0 Å². The van der Waals surface area contributed by atoms with Crippen LogP contribution in [0.25, 0.3) is 0 Å². The molecule has 1 unspecified atom stereocenters. The molecule has 4 nitrogen and oxygen atoms in total. The highest BCUT2D eigenvalue weighted by Gasteiger charge is 2.30. The number of aryl methyl sites for hydroxylation is 1. The van der Waals surface area contributed by atoms with E-state index in [1.807, 2.05) is 0 Å². The number of benzene rings is 1. The summed E-state index contributed by atoms with van der Waals surface area (Å²) in [6.07, 6.45) is -2.65. The van der Waals surface area contributed by atoms with E-state index in [1.54, 1.807) is 17.8 Å². The van der Waals surface area contributed by atoms with Crippen LogP contribution in [-0.2, 0) is 19.6 Å². The van der Waals surface area contributed by atoms with Gasteiger partial charge in [-0.05, 0) is 17.7 Å². The molecule has 0 radical (unpaired) electrons. The molecule has 0 aliphatic heterocycles. The molecule has 2 aromatic rings. The third-order valence-corrected chi connectivity index (χ3v) is 2.85. The van der Waals surface area contributed by atoms with Crippen molar-refractivity contribution < 1.29 is 13.2 Å². The molecular weight excluding hydrogens is 257 g/mol. The number of aromatic nitrogens is 3. The summed E-state index contributed by atoms with van der Waals surface area (Å²) in [7, 11) is 1.71. The Labute approximate surface area is 108 Å². The third kappa shape index (κ3) is 3.11. The van der Waals surface area contributed by atoms with Crippen LogP contribution in [0.3, 0.4) is 0 Å². The smallest absolute Gasteiger partial charge is 0.324 e. The average molecular weight is 270 g/mol. The van der Waals surface area contributed by atoms with E-state index in [0.717, 1.165) is 12.1 Å². The Kier molecular flexibility index (Phi) is 3.57. The Balaban J connectivity index is 2.20. The zero-order valence-corrected chi connectivity index (χ0v) is 10.2. The van der Waals surface area contributed by atoms with Gasteiger partial charge in [-0.1, -0.05) is 12.1 Å². The van der Waals surface area contributed by atoms with Crippen LogP contribution in [0.4, 0.5) is 13.2 Å². The number of nitrogens with zero attached hydrogens (tertiary/aromatic N) is 3. The predicted molar refractivity (Wildman–Crippen MR) is 63.1 cm³/mol. The maximum atomic E-state index is 12.6. The van der Waals surface area contributed by atoms with Crippen LogP contribution in [-0.4, -0.2) is 14.8 Å². The predicted octanol–water partition coefficient (Wildman–Crippen LogP) is 2.08. The van der Waals surface area contributed by atoms with Gasteiger partial charge in [-0.25, -0.2) is 4.98 Å². The molecule has 1 aromatic heterocycles. The van der Waals surface area contributed by atoms with Crippen molar-refractivity contribution in [3.63, 3.8) is 0 Å². The highest BCUT2D eigenvalue weighted by atomic mass is 19.4. The van der Waals surface area contributed by atoms with Gasteiger partial charge in [0, 0.05) is 19.5 Å². The Morgan fingerprint density at radius 2 is 2.11 bits per heavy atom. The van der Waals surface area contributed by atoms with Gasteiger partial charge < -0.3 is 5.73 Å². The number of nitrogens with two attached hydrogens (primary N) is 1. The lowest BCUT2D eigenvalue weighted by molar-refractivity contribution is -0.137. The third-order valence-electron chi connectivity index (χ3n) is 2.85. The van der Waals surface area contributed by atoms with Gasteiger partial charge in [0.15, 0.2) is 0 Å². The first-order valence-electron chi connectivity index (χ1n) is 5.63. The first-order chi connectivity index (χ1) is 8.88. The monoisotopic (exact) mass is 270 g/mol. The van der Waals surface area contributed by atoms with Gasteiger partial charge in [0.05, 0.1) is 5.56 Å². The molecule has 2 N–H and O–H groups in total. The minimum atomic E-state index is -4.36. The summed E-state index contributed by atoms with van der Waals surface area (Å²) in [5, 5.41) is 3.89. The molecule has 0 amide bonds. The molecule has 19 heavy (non-hydrogen) atoms. The Morgan fingerprint density at radius 3 is 2.68 bits per heavy atom. The van der Waals surface area contributed by atoms with Gasteiger partial charge in [-0.3, -0.25) is 4.68 Å². The Bertz CT molecular complexity index is 562. The summed E-state index contributed by atoms with van der Waals surface area (Å²) in [6.45, 7) is 0. The van der Waals surface area contributed by atoms with Crippen LogP contribution in [0.1, 0.15) is 23.0 Å². The highest BCUT2D eigenvalue weighted by molar-refractivity contribution is 5.28. The van der Waals surface area contributed by atoms with E-state index >= 15 is 0 Å². The molecule has 2 rings (SSSR count). The maximum absolute atomic E-state index is 12.6. The van der Waals surface area contributed by atoms with Crippen LogP contribution in [0.5, 0.6) is 0 Å². The van der Waals surface area contributed by atoms with Crippen molar-refractivity contribution in [3.8, 4) is 0 Å². The molecule has 0 saturated carbocycles. The molecular formula is C12H13F3N4. The quantitative estimate of drug-likeness (QED) is 0.929.